The Morgan fingerprint density at radius 1 is 1.27 bits per heavy atom. The Morgan fingerprint density at radius 2 is 1.67 bits per heavy atom. The first-order valence-electron chi connectivity index (χ1n) is 4.61. The highest BCUT2D eigenvalue weighted by molar-refractivity contribution is 7.87. The molecule has 15 heavy (non-hydrogen) atoms. The highest BCUT2D eigenvalue weighted by atomic mass is 32.2. The van der Waals surface area contributed by atoms with Gasteiger partial charge >= 0.3 is 5.97 Å². The molecule has 0 aromatic heterocycles. The number of rotatable bonds is 3. The lowest BCUT2D eigenvalue weighted by molar-refractivity contribution is -0.149. The van der Waals surface area contributed by atoms with E-state index < -0.39 is 32.9 Å². The van der Waals surface area contributed by atoms with E-state index in [0.29, 0.717) is 0 Å². The quantitative estimate of drug-likeness (QED) is 0.538. The average molecular weight is 237 g/mol. The number of ether oxygens (including phenoxy) is 1. The lowest BCUT2D eigenvalue weighted by Gasteiger charge is -2.31. The van der Waals surface area contributed by atoms with Crippen LogP contribution in [0.25, 0.3) is 0 Å². The van der Waals surface area contributed by atoms with Crippen molar-refractivity contribution in [2.45, 2.75) is 46.0 Å². The minimum atomic E-state index is -4.69. The Balaban J connectivity index is 5.08. The summed E-state index contributed by atoms with van der Waals surface area (Å²) in [7, 11) is -4.69. The van der Waals surface area contributed by atoms with Crippen LogP contribution in [0.1, 0.15) is 34.6 Å². The number of hydrogen-bond acceptors (Lipinski definition) is 5. The fourth-order valence-electron chi connectivity index (χ4n) is 1.20. The molecule has 6 heteroatoms. The molecule has 0 bridgehead atoms. The Morgan fingerprint density at radius 3 is 1.87 bits per heavy atom. The zero-order chi connectivity index (χ0) is 12.4. The predicted octanol–water partition coefficient (Wildman–Crippen LogP) is 0.898. The fraction of sp³-hybridized carbons (Fsp3) is 0.889. The van der Waals surface area contributed by atoms with E-state index in [1.54, 1.807) is 13.8 Å². The van der Waals surface area contributed by atoms with Crippen LogP contribution >= 0.6 is 0 Å². The summed E-state index contributed by atoms with van der Waals surface area (Å²) in [5, 5.41) is -1.66. The highest BCUT2D eigenvalue weighted by Gasteiger charge is 2.38. The van der Waals surface area contributed by atoms with E-state index in [1.165, 1.54) is 20.8 Å². The van der Waals surface area contributed by atoms with E-state index in [2.05, 4.69) is 0 Å². The highest BCUT2D eigenvalue weighted by Crippen LogP contribution is 2.26. The molecule has 0 saturated heterocycles. The van der Waals surface area contributed by atoms with Crippen LogP contribution in [-0.2, 0) is 19.6 Å². The van der Waals surface area contributed by atoms with Gasteiger partial charge in [0, 0.05) is 0 Å². The van der Waals surface area contributed by atoms with Crippen molar-refractivity contribution in [1.82, 2.24) is 0 Å². The van der Waals surface area contributed by atoms with Crippen LogP contribution < -0.4 is 0 Å². The van der Waals surface area contributed by atoms with Crippen molar-refractivity contribution in [3.63, 3.8) is 0 Å². The molecule has 0 fully saturated rings. The van der Waals surface area contributed by atoms with E-state index in [4.69, 9.17) is 4.74 Å². The average Bonchev–Trinajstić information content (AvgIpc) is 1.74. The minimum Gasteiger partial charge on any atom is -0.747 e. The third-order valence-corrected chi connectivity index (χ3v) is 3.12. The van der Waals surface area contributed by atoms with Crippen molar-refractivity contribution < 1.29 is 22.5 Å². The van der Waals surface area contributed by atoms with Gasteiger partial charge in [0.25, 0.3) is 0 Å². The lowest BCUT2D eigenvalue weighted by atomic mass is 9.92. The summed E-state index contributed by atoms with van der Waals surface area (Å²) in [5.74, 6) is -0.979. The van der Waals surface area contributed by atoms with Gasteiger partial charge in [-0.15, -0.1) is 0 Å². The number of esters is 1. The van der Waals surface area contributed by atoms with Crippen LogP contribution in [0.3, 0.4) is 0 Å². The molecule has 0 heterocycles. The van der Waals surface area contributed by atoms with E-state index >= 15 is 0 Å². The van der Waals surface area contributed by atoms with Crippen molar-refractivity contribution in [3.8, 4) is 0 Å². The van der Waals surface area contributed by atoms with Gasteiger partial charge in [-0.25, -0.2) is 8.42 Å². The molecule has 0 aromatic rings. The summed E-state index contributed by atoms with van der Waals surface area (Å²) in [6.07, 6.45) is -0.441. The summed E-state index contributed by atoms with van der Waals surface area (Å²) in [6, 6.07) is 0. The van der Waals surface area contributed by atoms with Crippen molar-refractivity contribution in [2.75, 3.05) is 0 Å². The molecule has 0 aliphatic carbocycles. The first-order valence-corrected chi connectivity index (χ1v) is 6.08. The number of carbonyl (C=O) groups excluding carboxylic acids is 1. The largest absolute Gasteiger partial charge is 0.747 e. The van der Waals surface area contributed by atoms with E-state index in [0.717, 1.165) is 0 Å². The van der Waals surface area contributed by atoms with Gasteiger partial charge in [-0.05, 0) is 19.3 Å². The molecule has 0 aliphatic rings. The van der Waals surface area contributed by atoms with Crippen LogP contribution in [-0.4, -0.2) is 30.3 Å². The fourth-order valence-corrected chi connectivity index (χ4v) is 2.36. The molecule has 0 N–H and O–H groups in total. The first kappa shape index (κ1) is 14.4. The SMILES string of the molecule is CC(C)OC(=O)C(C(C)(C)C)S(=O)(=O)[O-]. The Kier molecular flexibility index (Phi) is 4.30. The molecular weight excluding hydrogens is 220 g/mol. The summed E-state index contributed by atoms with van der Waals surface area (Å²) in [5.41, 5.74) is -0.966. The summed E-state index contributed by atoms with van der Waals surface area (Å²) >= 11 is 0. The Hall–Kier alpha value is -0.620. The maximum Gasteiger partial charge on any atom is 0.323 e. The second-order valence-electron chi connectivity index (χ2n) is 4.72. The first-order chi connectivity index (χ1) is 6.46. The molecule has 5 nitrogen and oxygen atoms in total. The maximum absolute atomic E-state index is 11.4. The second kappa shape index (κ2) is 4.49. The van der Waals surface area contributed by atoms with Crippen LogP contribution in [0, 0.1) is 5.41 Å². The standard InChI is InChI=1S/C9H18O5S/c1-6(2)14-8(10)7(9(3,4)5)15(11,12)13/h6-7H,1-5H3,(H,11,12,13)/p-1. The molecule has 0 rings (SSSR count). The van der Waals surface area contributed by atoms with Crippen LogP contribution in [0.15, 0.2) is 0 Å². The van der Waals surface area contributed by atoms with Gasteiger partial charge < -0.3 is 9.29 Å². The zero-order valence-electron chi connectivity index (χ0n) is 9.60. The van der Waals surface area contributed by atoms with Gasteiger partial charge in [0.15, 0.2) is 5.25 Å². The third kappa shape index (κ3) is 4.61. The maximum atomic E-state index is 11.4. The van der Waals surface area contributed by atoms with E-state index in [9.17, 15) is 17.8 Å². The van der Waals surface area contributed by atoms with Crippen LogP contribution in [0.2, 0.25) is 0 Å². The predicted molar refractivity (Wildman–Crippen MR) is 54.2 cm³/mol. The van der Waals surface area contributed by atoms with Gasteiger partial charge in [-0.1, -0.05) is 20.8 Å². The van der Waals surface area contributed by atoms with Gasteiger partial charge in [-0.3, -0.25) is 4.79 Å². The van der Waals surface area contributed by atoms with Crippen molar-refractivity contribution in [2.24, 2.45) is 5.41 Å². The van der Waals surface area contributed by atoms with Gasteiger partial charge in [0.2, 0.25) is 0 Å². The van der Waals surface area contributed by atoms with Crippen LogP contribution in [0.4, 0.5) is 0 Å². The zero-order valence-corrected chi connectivity index (χ0v) is 10.4. The lowest BCUT2D eigenvalue weighted by Crippen LogP contribution is -2.43. The summed E-state index contributed by atoms with van der Waals surface area (Å²) in [4.78, 5) is 11.4. The van der Waals surface area contributed by atoms with Crippen LogP contribution in [0.5, 0.6) is 0 Å². The van der Waals surface area contributed by atoms with E-state index in [-0.39, 0.29) is 0 Å². The molecule has 1 atom stereocenters. The van der Waals surface area contributed by atoms with Gasteiger partial charge in [-0.2, -0.15) is 0 Å². The third-order valence-electron chi connectivity index (χ3n) is 1.64. The monoisotopic (exact) mass is 237 g/mol. The molecule has 90 valence electrons. The number of hydrogen-bond donors (Lipinski definition) is 0. The van der Waals surface area contributed by atoms with Gasteiger partial charge in [0.05, 0.1) is 6.10 Å². The van der Waals surface area contributed by atoms with Crippen molar-refractivity contribution in [3.05, 3.63) is 0 Å². The van der Waals surface area contributed by atoms with Crippen molar-refractivity contribution >= 4 is 16.1 Å². The molecule has 0 amide bonds. The molecule has 0 radical (unpaired) electrons. The number of carbonyl (C=O) groups is 1. The Labute approximate surface area is 90.6 Å². The molecule has 0 spiro atoms. The molecule has 0 aromatic carbocycles. The van der Waals surface area contributed by atoms with Crippen molar-refractivity contribution in [1.29, 1.82) is 0 Å². The summed E-state index contributed by atoms with van der Waals surface area (Å²) < 4.78 is 37.6. The normalized spacial score (nSPS) is 15.1. The van der Waals surface area contributed by atoms with Gasteiger partial charge in [0.1, 0.15) is 10.1 Å². The molecule has 0 aliphatic heterocycles. The molecular formula is C9H17O5S-. The molecule has 1 unspecified atom stereocenters. The summed E-state index contributed by atoms with van der Waals surface area (Å²) in [6.45, 7) is 7.71. The van der Waals surface area contributed by atoms with E-state index in [1.807, 2.05) is 0 Å². The topological polar surface area (TPSA) is 83.5 Å². The smallest absolute Gasteiger partial charge is 0.323 e. The Bertz CT molecular complexity index is 323. The molecule has 0 saturated carbocycles. The second-order valence-corrected chi connectivity index (χ2v) is 6.18. The minimum absolute atomic E-state index is 0.441.